The van der Waals surface area contributed by atoms with Gasteiger partial charge in [0.1, 0.15) is 37.2 Å². The topological polar surface area (TPSA) is 270 Å². The average Bonchev–Trinajstić information content (AvgIpc) is 3.75. The number of hydrogen-bond donors (Lipinski definition) is 6. The van der Waals surface area contributed by atoms with Crippen LogP contribution in [0.2, 0.25) is 0 Å². The molecule has 20 heteroatoms. The Balaban J connectivity index is 0.830. The van der Waals surface area contributed by atoms with E-state index in [1.165, 1.54) is 18.4 Å². The minimum Gasteiger partial charge on any atom is -0.430 e. The van der Waals surface area contributed by atoms with Crippen molar-refractivity contribution in [1.82, 2.24) is 21.3 Å². The van der Waals surface area contributed by atoms with Gasteiger partial charge in [0.25, 0.3) is 0 Å². The van der Waals surface area contributed by atoms with E-state index in [2.05, 4.69) is 53.4 Å². The van der Waals surface area contributed by atoms with Gasteiger partial charge in [-0.3, -0.25) is 24.0 Å². The molecule has 7 N–H and O–H groups in total. The Morgan fingerprint density at radius 3 is 2.12 bits per heavy atom. The van der Waals surface area contributed by atoms with Crippen molar-refractivity contribution in [2.24, 2.45) is 46.2 Å². The number of ether oxygens (including phenoxy) is 7. The van der Waals surface area contributed by atoms with Gasteiger partial charge in [-0.1, -0.05) is 64.3 Å². The number of nitrogens with two attached hydrogens (primary N) is 1. The zero-order valence-corrected chi connectivity index (χ0v) is 48.4. The van der Waals surface area contributed by atoms with E-state index in [0.717, 1.165) is 70.6 Å². The fraction of sp³-hybridized carbons (Fsp3) is 0.750. The first-order valence-electron chi connectivity index (χ1n) is 29.7. The Kier molecular flexibility index (Phi) is 26.0. The highest BCUT2D eigenvalue weighted by Crippen LogP contribution is 2.66. The van der Waals surface area contributed by atoms with E-state index < -0.39 is 42.0 Å². The van der Waals surface area contributed by atoms with Crippen LogP contribution in [0.4, 0.5) is 15.3 Å². The normalized spacial score (nSPS) is 26.8. The van der Waals surface area contributed by atoms with Gasteiger partial charge in [-0.05, 0) is 137 Å². The molecule has 0 aromatic heterocycles. The maximum Gasteiger partial charge on any atom is 0.508 e. The predicted octanol–water partition coefficient (Wildman–Crippen LogP) is 7.20. The second kappa shape index (κ2) is 32.5. The summed E-state index contributed by atoms with van der Waals surface area (Å²) >= 11 is 0. The molecule has 20 nitrogen and oxygen atoms in total. The number of primary amides is 1. The molecule has 1 aromatic carbocycles. The number of urea groups is 1. The van der Waals surface area contributed by atoms with E-state index in [1.54, 1.807) is 38.1 Å². The van der Waals surface area contributed by atoms with Crippen molar-refractivity contribution < 1.29 is 66.7 Å². The molecule has 5 aliphatic rings. The number of ketones is 1. The van der Waals surface area contributed by atoms with E-state index >= 15 is 0 Å². The van der Waals surface area contributed by atoms with Crippen molar-refractivity contribution >= 4 is 47.3 Å². The van der Waals surface area contributed by atoms with Crippen LogP contribution in [0, 0.1) is 40.4 Å². The summed E-state index contributed by atoms with van der Waals surface area (Å²) in [5.74, 6) is 0.648. The van der Waals surface area contributed by atoms with Crippen LogP contribution in [-0.4, -0.2) is 138 Å². The second-order valence-electron chi connectivity index (χ2n) is 23.6. The summed E-state index contributed by atoms with van der Waals surface area (Å²) in [4.78, 5) is 89.4. The number of allylic oxidation sites excluding steroid dienone is 1. The molecular formula is C60H94N6O14. The molecule has 1 aromatic rings. The molecule has 0 saturated heterocycles. The van der Waals surface area contributed by atoms with E-state index in [1.807, 2.05) is 0 Å². The number of rotatable bonds is 31. The van der Waals surface area contributed by atoms with Crippen LogP contribution < -0.4 is 32.3 Å². The van der Waals surface area contributed by atoms with Gasteiger partial charge in [-0.15, -0.1) is 0 Å². The monoisotopic (exact) mass is 1120 g/mol. The van der Waals surface area contributed by atoms with E-state index in [4.69, 9.17) is 38.9 Å². The van der Waals surface area contributed by atoms with Crippen molar-refractivity contribution in [3.8, 4) is 0 Å². The number of nitrogens with one attached hydrogen (secondary N) is 5. The first-order valence-corrected chi connectivity index (χ1v) is 29.7. The Hall–Kier alpha value is -5.15. The number of carbonyl (C=O) groups excluding carboxylic acids is 7. The quantitative estimate of drug-likeness (QED) is 0.0244. The number of anilines is 1. The summed E-state index contributed by atoms with van der Waals surface area (Å²) in [7, 11) is 0. The highest BCUT2D eigenvalue weighted by atomic mass is 16.7. The number of Topliss-reactive ketones (excluding diaryl/α,β-unsaturated/α-hetero) is 1. The van der Waals surface area contributed by atoms with Gasteiger partial charge in [0.05, 0.1) is 59.0 Å². The van der Waals surface area contributed by atoms with Gasteiger partial charge in [-0.2, -0.15) is 0 Å². The van der Waals surface area contributed by atoms with Gasteiger partial charge < -0.3 is 65.5 Å². The number of amides is 6. The highest BCUT2D eigenvalue weighted by Gasteiger charge is 2.61. The molecule has 0 radical (unpaired) electrons. The third-order valence-corrected chi connectivity index (χ3v) is 17.7. The van der Waals surface area contributed by atoms with Gasteiger partial charge in [0.15, 0.2) is 0 Å². The van der Waals surface area contributed by atoms with Gasteiger partial charge >= 0.3 is 12.2 Å². The molecule has 10 atom stereocenters. The van der Waals surface area contributed by atoms with Crippen molar-refractivity contribution in [2.75, 3.05) is 77.9 Å². The van der Waals surface area contributed by atoms with E-state index in [0.29, 0.717) is 99.7 Å². The molecule has 4 saturated carbocycles. The smallest absolute Gasteiger partial charge is 0.430 e. The Labute approximate surface area is 473 Å². The summed E-state index contributed by atoms with van der Waals surface area (Å²) in [6, 6.07) is 4.12. The zero-order chi connectivity index (χ0) is 57.5. The molecule has 5 aliphatic carbocycles. The lowest BCUT2D eigenvalue weighted by atomic mass is 9.45. The summed E-state index contributed by atoms with van der Waals surface area (Å²) in [6.07, 6.45) is 15.8. The largest absolute Gasteiger partial charge is 0.508 e. The zero-order valence-electron chi connectivity index (χ0n) is 48.4. The van der Waals surface area contributed by atoms with Crippen LogP contribution in [0.25, 0.3) is 0 Å². The van der Waals surface area contributed by atoms with Crippen LogP contribution in [0.3, 0.4) is 0 Å². The SMILES string of the molecule is C/C1=C/C(OCC(=O)NCCOCCOCCOCCOCCC(=O)N[C@H](C(=O)N[C@@H](CCCNC(N)=O)C(=O)Nc2ccc(COC(=O)O[C@H]3CC[C@H]4[C@@H]5CCC6CC(=O)CC[C@]6(C)[C@H]5CCC34C)cc2)C(C)C)CCCCC1. The van der Waals surface area contributed by atoms with Gasteiger partial charge in [0, 0.05) is 43.5 Å². The van der Waals surface area contributed by atoms with E-state index in [9.17, 15) is 33.6 Å². The Morgan fingerprint density at radius 2 is 1.41 bits per heavy atom. The Bertz CT molecular complexity index is 2210. The Morgan fingerprint density at radius 1 is 0.713 bits per heavy atom. The molecule has 0 spiro atoms. The predicted molar refractivity (Wildman–Crippen MR) is 300 cm³/mol. The third-order valence-electron chi connectivity index (χ3n) is 17.7. The maximum atomic E-state index is 13.7. The molecular weight excluding hydrogens is 1030 g/mol. The summed E-state index contributed by atoms with van der Waals surface area (Å²) < 4.78 is 39.7. The van der Waals surface area contributed by atoms with Crippen molar-refractivity contribution in [1.29, 1.82) is 0 Å². The fourth-order valence-electron chi connectivity index (χ4n) is 13.2. The third kappa shape index (κ3) is 19.8. The van der Waals surface area contributed by atoms with Crippen molar-refractivity contribution in [3.05, 3.63) is 41.5 Å². The van der Waals surface area contributed by atoms with Crippen LogP contribution in [0.15, 0.2) is 35.9 Å². The van der Waals surface area contributed by atoms with Crippen LogP contribution in [0.1, 0.15) is 149 Å². The van der Waals surface area contributed by atoms with Crippen LogP contribution in [0.5, 0.6) is 0 Å². The number of hydrogen-bond acceptors (Lipinski definition) is 14. The lowest BCUT2D eigenvalue weighted by Gasteiger charge is -2.60. The maximum absolute atomic E-state index is 13.7. The molecule has 3 unspecified atom stereocenters. The average molecular weight is 1120 g/mol. The van der Waals surface area contributed by atoms with Gasteiger partial charge in [0.2, 0.25) is 23.6 Å². The second-order valence-corrected chi connectivity index (χ2v) is 23.6. The standard InChI is InChI=1S/C60H94N6O14/c1-40(2)54(66-52(68)23-28-74-30-32-76-34-35-77-33-31-75-29-27-62-53(69)39-78-46-11-8-6-7-10-41(3)36-46)56(71)65-50(12-9-26-63-57(61)72)55(70)64-44-16-13-42(14-17-44)38-79-58(73)80-51-20-19-48-47-18-15-43-37-45(67)21-24-59(43,4)49(47)22-25-60(48,51)5/h13-14,16-17,36,40,43,46-51,54H,6-12,15,18-35,37-39H2,1-5H3,(H,62,69)(H,64,70)(H,65,71)(H,66,68)(H3,61,63,72)/b41-36-/t43?,46?,47-,48-,49-,50-,51-,54-,59-,60?/m0/s1. The fourth-order valence-corrected chi connectivity index (χ4v) is 13.2. The minimum absolute atomic E-state index is 0.00703. The highest BCUT2D eigenvalue weighted by molar-refractivity contribution is 5.98. The van der Waals surface area contributed by atoms with Crippen LogP contribution >= 0.6 is 0 Å². The van der Waals surface area contributed by atoms with Crippen molar-refractivity contribution in [3.63, 3.8) is 0 Å². The molecule has 80 heavy (non-hydrogen) atoms. The first kappa shape index (κ1) is 64.0. The molecule has 6 amide bonds. The van der Waals surface area contributed by atoms with Crippen LogP contribution in [-0.2, 0) is 63.7 Å². The molecule has 0 aliphatic heterocycles. The minimum atomic E-state index is -1.03. The number of carbonyl (C=O) groups is 7. The number of benzene rings is 1. The van der Waals surface area contributed by atoms with Crippen molar-refractivity contribution in [2.45, 2.75) is 175 Å². The molecule has 0 bridgehead atoms. The summed E-state index contributed by atoms with van der Waals surface area (Å²) in [6.45, 7) is 13.4. The van der Waals surface area contributed by atoms with E-state index in [-0.39, 0.29) is 80.7 Å². The molecule has 448 valence electrons. The summed E-state index contributed by atoms with van der Waals surface area (Å²) in [5, 5.41) is 13.7. The lowest BCUT2D eigenvalue weighted by Crippen LogP contribution is -2.54. The number of fused-ring (bicyclic) bond motifs is 5. The molecule has 4 fully saturated rings. The molecule has 0 heterocycles. The van der Waals surface area contributed by atoms with Gasteiger partial charge in [-0.25, -0.2) is 9.59 Å². The summed E-state index contributed by atoms with van der Waals surface area (Å²) in [5.41, 5.74) is 7.80. The lowest BCUT2D eigenvalue weighted by molar-refractivity contribution is -0.143. The molecule has 6 rings (SSSR count). The first-order chi connectivity index (χ1) is 38.4.